The Morgan fingerprint density at radius 3 is 2.62 bits per heavy atom. The Kier molecular flexibility index (Phi) is 6.40. The van der Waals surface area contributed by atoms with E-state index in [2.05, 4.69) is 23.9 Å². The van der Waals surface area contributed by atoms with Gasteiger partial charge >= 0.3 is 0 Å². The molecule has 2 aliphatic heterocycles. The van der Waals surface area contributed by atoms with Crippen LogP contribution in [0.5, 0.6) is 0 Å². The summed E-state index contributed by atoms with van der Waals surface area (Å²) in [6.45, 7) is 4.81. The van der Waals surface area contributed by atoms with Crippen LogP contribution in [-0.2, 0) is 24.4 Å². The van der Waals surface area contributed by atoms with Crippen molar-refractivity contribution in [1.29, 1.82) is 0 Å². The van der Waals surface area contributed by atoms with Gasteiger partial charge in [0.05, 0.1) is 5.25 Å². The summed E-state index contributed by atoms with van der Waals surface area (Å²) >= 11 is 0. The van der Waals surface area contributed by atoms with Gasteiger partial charge in [0, 0.05) is 18.9 Å². The van der Waals surface area contributed by atoms with Gasteiger partial charge in [-0.3, -0.25) is 19.1 Å². The highest BCUT2D eigenvalue weighted by Crippen LogP contribution is 2.46. The smallest absolute Gasteiger partial charge is 0.259 e. The number of nitrogens with zero attached hydrogens (tertiary/aromatic N) is 1. The van der Waals surface area contributed by atoms with Gasteiger partial charge in [-0.2, -0.15) is 0 Å². The molecule has 32 heavy (non-hydrogen) atoms. The average Bonchev–Trinajstić information content (AvgIpc) is 3.61. The molecule has 0 aromatic carbocycles. The maximum atomic E-state index is 13.2. The van der Waals surface area contributed by atoms with Crippen molar-refractivity contribution in [2.45, 2.75) is 88.5 Å². The van der Waals surface area contributed by atoms with Crippen LogP contribution in [0.3, 0.4) is 0 Å². The lowest BCUT2D eigenvalue weighted by Gasteiger charge is -2.28. The zero-order valence-corrected chi connectivity index (χ0v) is 19.8. The SMILES string of the molecule is C[C@H]1CC/C=C\[C@@H]2C[C@@]2(C(=O)NS(=O)(=O)C2CC2)NC(=O)[C@@H]2CCCN2C(=O)C[C@H](C)C1. The summed E-state index contributed by atoms with van der Waals surface area (Å²) in [5.74, 6) is -0.564. The van der Waals surface area contributed by atoms with Gasteiger partial charge in [-0.05, 0) is 63.2 Å². The zero-order valence-electron chi connectivity index (χ0n) is 19.0. The van der Waals surface area contributed by atoms with Crippen molar-refractivity contribution >= 4 is 27.7 Å². The van der Waals surface area contributed by atoms with Crippen LogP contribution in [0.25, 0.3) is 0 Å². The van der Waals surface area contributed by atoms with E-state index in [1.54, 1.807) is 4.90 Å². The topological polar surface area (TPSA) is 113 Å². The van der Waals surface area contributed by atoms with Gasteiger partial charge in [0.25, 0.3) is 5.91 Å². The van der Waals surface area contributed by atoms with E-state index < -0.39 is 32.8 Å². The molecule has 4 rings (SSSR count). The summed E-state index contributed by atoms with van der Waals surface area (Å²) in [5.41, 5.74) is -1.26. The summed E-state index contributed by atoms with van der Waals surface area (Å²) in [7, 11) is -3.71. The molecule has 178 valence electrons. The van der Waals surface area contributed by atoms with Gasteiger partial charge in [0.15, 0.2) is 0 Å². The number of carbonyl (C=O) groups excluding carboxylic acids is 3. The molecule has 2 saturated carbocycles. The fourth-order valence-corrected chi connectivity index (χ4v) is 6.61. The third-order valence-electron chi connectivity index (χ3n) is 7.36. The first-order valence-corrected chi connectivity index (χ1v) is 13.5. The van der Waals surface area contributed by atoms with Gasteiger partial charge < -0.3 is 10.2 Å². The van der Waals surface area contributed by atoms with Crippen LogP contribution in [0, 0.1) is 17.8 Å². The molecule has 1 saturated heterocycles. The van der Waals surface area contributed by atoms with Crippen molar-refractivity contribution in [3.8, 4) is 0 Å². The van der Waals surface area contributed by atoms with Crippen LogP contribution in [0.15, 0.2) is 12.2 Å². The number of hydrogen-bond acceptors (Lipinski definition) is 5. The molecular formula is C23H35N3O5S. The molecule has 9 heteroatoms. The number of fused-ring (bicyclic) bond motifs is 2. The summed E-state index contributed by atoms with van der Waals surface area (Å²) < 4.78 is 26.9. The molecule has 4 aliphatic rings. The quantitative estimate of drug-likeness (QED) is 0.618. The molecule has 2 heterocycles. The Morgan fingerprint density at radius 2 is 1.91 bits per heavy atom. The lowest BCUT2D eigenvalue weighted by atomic mass is 9.91. The van der Waals surface area contributed by atoms with Crippen LogP contribution in [0.2, 0.25) is 0 Å². The predicted octanol–water partition coefficient (Wildman–Crippen LogP) is 1.86. The van der Waals surface area contributed by atoms with Crippen LogP contribution < -0.4 is 10.0 Å². The van der Waals surface area contributed by atoms with Crippen molar-refractivity contribution < 1.29 is 22.8 Å². The fourth-order valence-electron chi connectivity index (χ4n) is 5.25. The highest BCUT2D eigenvalue weighted by atomic mass is 32.2. The van der Waals surface area contributed by atoms with Crippen LogP contribution >= 0.6 is 0 Å². The standard InChI is InChI=1S/C23H35N3O5S/c1-15-6-3-4-7-17-14-23(17,22(29)25-32(30,31)18-9-10-18)24-21(28)19-8-5-11-26(19)20(27)13-16(2)12-15/h4,7,15-19H,3,5-6,8-14H2,1-2H3,(H,24,28)(H,25,29)/b7-4-/t15-,16+,17+,19-,23+/m0/s1. The molecule has 3 fully saturated rings. The van der Waals surface area contributed by atoms with E-state index in [9.17, 15) is 22.8 Å². The van der Waals surface area contributed by atoms with Gasteiger partial charge in [0.2, 0.25) is 21.8 Å². The van der Waals surface area contributed by atoms with Crippen LogP contribution in [0.1, 0.15) is 71.6 Å². The van der Waals surface area contributed by atoms with Crippen molar-refractivity contribution in [1.82, 2.24) is 14.9 Å². The van der Waals surface area contributed by atoms with E-state index in [1.165, 1.54) is 0 Å². The number of nitrogens with one attached hydrogen (secondary N) is 2. The second-order valence-corrected chi connectivity index (χ2v) is 12.3. The summed E-state index contributed by atoms with van der Waals surface area (Å²) in [6, 6.07) is -0.604. The molecule has 0 bridgehead atoms. The number of amides is 3. The van der Waals surface area contributed by atoms with Crippen molar-refractivity contribution in [2.24, 2.45) is 17.8 Å². The third-order valence-corrected chi connectivity index (χ3v) is 9.18. The molecular weight excluding hydrogens is 430 g/mol. The van der Waals surface area contributed by atoms with Gasteiger partial charge in [0.1, 0.15) is 11.6 Å². The summed E-state index contributed by atoms with van der Waals surface area (Å²) in [4.78, 5) is 40.9. The molecule has 2 aliphatic carbocycles. The second-order valence-electron chi connectivity index (χ2n) is 10.3. The Bertz CT molecular complexity index is 913. The van der Waals surface area contributed by atoms with Gasteiger partial charge in [-0.1, -0.05) is 26.0 Å². The van der Waals surface area contributed by atoms with Crippen molar-refractivity contribution in [3.05, 3.63) is 12.2 Å². The number of sulfonamides is 1. The Hall–Kier alpha value is -1.90. The molecule has 5 atom stereocenters. The minimum atomic E-state index is -3.71. The molecule has 0 aromatic heterocycles. The first kappa shape index (κ1) is 23.3. The molecule has 0 unspecified atom stereocenters. The fraction of sp³-hybridized carbons (Fsp3) is 0.783. The lowest BCUT2D eigenvalue weighted by molar-refractivity contribution is -0.140. The van der Waals surface area contributed by atoms with E-state index in [1.807, 2.05) is 12.2 Å². The monoisotopic (exact) mass is 465 g/mol. The Labute approximate surface area is 190 Å². The minimum absolute atomic E-state index is 0.0162. The largest absolute Gasteiger partial charge is 0.339 e. The first-order valence-electron chi connectivity index (χ1n) is 12.0. The van der Waals surface area contributed by atoms with Crippen molar-refractivity contribution in [3.63, 3.8) is 0 Å². The highest BCUT2D eigenvalue weighted by Gasteiger charge is 2.61. The first-order chi connectivity index (χ1) is 15.1. The van der Waals surface area contributed by atoms with E-state index >= 15 is 0 Å². The van der Waals surface area contributed by atoms with Gasteiger partial charge in [-0.15, -0.1) is 0 Å². The number of allylic oxidation sites excluding steroid dienone is 1. The normalized spacial score (nSPS) is 37.4. The molecule has 0 radical (unpaired) electrons. The van der Waals surface area contributed by atoms with E-state index in [4.69, 9.17) is 0 Å². The van der Waals surface area contributed by atoms with Gasteiger partial charge in [-0.25, -0.2) is 8.42 Å². The minimum Gasteiger partial charge on any atom is -0.339 e. The Morgan fingerprint density at radius 1 is 1.16 bits per heavy atom. The average molecular weight is 466 g/mol. The number of rotatable bonds is 3. The molecule has 0 aromatic rings. The summed E-state index contributed by atoms with van der Waals surface area (Å²) in [6.07, 6.45) is 9.96. The second kappa shape index (κ2) is 8.80. The van der Waals surface area contributed by atoms with Crippen molar-refractivity contribution in [2.75, 3.05) is 6.54 Å². The molecule has 2 N–H and O–H groups in total. The number of hydrogen-bond donors (Lipinski definition) is 2. The zero-order chi connectivity index (χ0) is 23.1. The third kappa shape index (κ3) is 4.87. The van der Waals surface area contributed by atoms with Crippen LogP contribution in [-0.4, -0.2) is 54.4 Å². The maximum Gasteiger partial charge on any atom is 0.259 e. The van der Waals surface area contributed by atoms with E-state index in [0.717, 1.165) is 25.7 Å². The molecule has 8 nitrogen and oxygen atoms in total. The number of carbonyl (C=O) groups is 3. The molecule has 3 amide bonds. The van der Waals surface area contributed by atoms with Crippen LogP contribution in [0.4, 0.5) is 0 Å². The highest BCUT2D eigenvalue weighted by molar-refractivity contribution is 7.91. The Balaban J connectivity index is 1.56. The lowest BCUT2D eigenvalue weighted by Crippen LogP contribution is -2.56. The van der Waals surface area contributed by atoms with E-state index in [-0.39, 0.29) is 23.7 Å². The maximum absolute atomic E-state index is 13.2. The molecule has 0 spiro atoms. The van der Waals surface area contributed by atoms with E-state index in [0.29, 0.717) is 44.6 Å². The summed E-state index contributed by atoms with van der Waals surface area (Å²) in [5, 5.41) is 2.36. The predicted molar refractivity (Wildman–Crippen MR) is 120 cm³/mol.